The van der Waals surface area contributed by atoms with E-state index in [2.05, 4.69) is 61.6 Å². The highest BCUT2D eigenvalue weighted by Crippen LogP contribution is 2.07. The molecular weight excluding hydrogens is 538 g/mol. The molecule has 0 aliphatic rings. The quantitative estimate of drug-likeness (QED) is 0.176. The number of hydrogen-bond acceptors (Lipinski definition) is 14. The Kier molecular flexibility index (Phi) is 24.7. The molecule has 0 amide bonds. The van der Waals surface area contributed by atoms with Gasteiger partial charge in [-0.2, -0.15) is 9.97 Å². The maximum atomic E-state index is 4.86. The zero-order chi connectivity index (χ0) is 26.4. The van der Waals surface area contributed by atoms with Crippen LogP contribution in [0.3, 0.4) is 0 Å². The summed E-state index contributed by atoms with van der Waals surface area (Å²) >= 11 is 3.35. The van der Waals surface area contributed by atoms with Gasteiger partial charge in [0.15, 0.2) is 11.6 Å². The molecule has 5 heterocycles. The van der Waals surface area contributed by atoms with Crippen LogP contribution in [0.25, 0.3) is 0 Å². The standard InChI is InChI=1S/C5H7NS.3C4H6N2O.C4H6N2S.4CH4/c1-4-3-6-5(2)7-4;1-3-5-6-4(2)7-3;2*1-3-5-4(2)7-6-3;1-3-5-6-4(2)7-3;;;;/h3H,1-2H3;4*1-2H3;4*1H4. The van der Waals surface area contributed by atoms with Gasteiger partial charge in [0.25, 0.3) is 0 Å². The van der Waals surface area contributed by atoms with Gasteiger partial charge >= 0.3 is 0 Å². The molecule has 0 saturated heterocycles. The second-order valence-corrected chi connectivity index (χ2v) is 9.72. The van der Waals surface area contributed by atoms with Gasteiger partial charge in [-0.15, -0.1) is 43.1 Å². The van der Waals surface area contributed by atoms with Crippen LogP contribution >= 0.6 is 22.7 Å². The van der Waals surface area contributed by atoms with Gasteiger partial charge < -0.3 is 13.5 Å². The van der Waals surface area contributed by atoms with E-state index in [9.17, 15) is 0 Å². The van der Waals surface area contributed by atoms with Crippen molar-refractivity contribution >= 4 is 22.7 Å². The number of hydrogen-bond donors (Lipinski definition) is 0. The molecule has 0 saturated carbocycles. The first-order valence-corrected chi connectivity index (χ1v) is 12.0. The van der Waals surface area contributed by atoms with Crippen molar-refractivity contribution in [2.45, 2.75) is 98.9 Å². The van der Waals surface area contributed by atoms with Crippen LogP contribution in [-0.4, -0.2) is 45.7 Å². The van der Waals surface area contributed by atoms with E-state index >= 15 is 0 Å². The minimum atomic E-state index is 0. The summed E-state index contributed by atoms with van der Waals surface area (Å²) in [5.41, 5.74) is 0. The number of nitrogens with zero attached hydrogens (tertiary/aromatic N) is 9. The summed E-state index contributed by atoms with van der Waals surface area (Å²) in [6.07, 6.45) is 1.89. The molecular formula is C25H47N9O3S2. The van der Waals surface area contributed by atoms with Gasteiger partial charge in [0, 0.05) is 38.8 Å². The van der Waals surface area contributed by atoms with Gasteiger partial charge in [-0.1, -0.05) is 40.0 Å². The van der Waals surface area contributed by atoms with E-state index in [1.807, 2.05) is 27.0 Å². The Morgan fingerprint density at radius 1 is 0.513 bits per heavy atom. The number of rotatable bonds is 0. The third kappa shape index (κ3) is 21.3. The molecule has 0 atom stereocenters. The minimum absolute atomic E-state index is 0. The zero-order valence-electron chi connectivity index (χ0n) is 21.6. The SMILES string of the molecule is C.C.C.C.Cc1cnc(C)s1.Cc1nnc(C)o1.Cc1nnc(C)s1.Cc1noc(C)n1.Cc1noc(C)n1. The van der Waals surface area contributed by atoms with Gasteiger partial charge in [0.2, 0.25) is 23.6 Å². The van der Waals surface area contributed by atoms with E-state index < -0.39 is 0 Å². The summed E-state index contributed by atoms with van der Waals surface area (Å²) in [7, 11) is 0. The molecule has 5 aromatic heterocycles. The van der Waals surface area contributed by atoms with Crippen molar-refractivity contribution in [2.75, 3.05) is 0 Å². The summed E-state index contributed by atoms with van der Waals surface area (Å²) in [4.78, 5) is 13.0. The van der Waals surface area contributed by atoms with Crippen molar-refractivity contribution < 1.29 is 13.5 Å². The lowest BCUT2D eigenvalue weighted by Crippen LogP contribution is -1.70. The highest BCUT2D eigenvalue weighted by Gasteiger charge is 1.91. The Labute approximate surface area is 241 Å². The Balaban J connectivity index is -0.000000191. The van der Waals surface area contributed by atoms with Gasteiger partial charge in [-0.3, -0.25) is 0 Å². The molecule has 0 N–H and O–H groups in total. The van der Waals surface area contributed by atoms with Crippen LogP contribution in [0, 0.1) is 69.2 Å². The van der Waals surface area contributed by atoms with Crippen molar-refractivity contribution in [3.8, 4) is 0 Å². The lowest BCUT2D eigenvalue weighted by Gasteiger charge is -1.70. The molecule has 5 rings (SSSR count). The molecule has 222 valence electrons. The summed E-state index contributed by atoms with van der Waals surface area (Å²) in [5.74, 6) is 3.88. The molecule has 0 aliphatic heterocycles. The normalized spacial score (nSPS) is 8.46. The van der Waals surface area contributed by atoms with E-state index in [-0.39, 0.29) is 29.7 Å². The third-order valence-corrected chi connectivity index (χ3v) is 4.83. The van der Waals surface area contributed by atoms with Crippen molar-refractivity contribution in [3.63, 3.8) is 0 Å². The highest BCUT2D eigenvalue weighted by molar-refractivity contribution is 7.11. The van der Waals surface area contributed by atoms with Crippen LogP contribution in [0.4, 0.5) is 0 Å². The Morgan fingerprint density at radius 2 is 0.923 bits per heavy atom. The molecule has 14 heteroatoms. The van der Waals surface area contributed by atoms with E-state index in [4.69, 9.17) is 4.42 Å². The van der Waals surface area contributed by atoms with Crippen LogP contribution in [0.1, 0.15) is 84.8 Å². The lowest BCUT2D eigenvalue weighted by atomic mass is 10.6. The second-order valence-electron chi connectivity index (χ2n) is 6.89. The fourth-order valence-corrected chi connectivity index (χ4v) is 3.33. The number of aryl methyl sites for hydroxylation is 10. The van der Waals surface area contributed by atoms with Crippen LogP contribution < -0.4 is 0 Å². The van der Waals surface area contributed by atoms with Crippen LogP contribution in [0.5, 0.6) is 0 Å². The number of thiazole rings is 1. The molecule has 0 fully saturated rings. The Hall–Kier alpha value is -3.39. The number of aromatic nitrogens is 9. The van der Waals surface area contributed by atoms with Crippen molar-refractivity contribution in [1.82, 2.24) is 45.7 Å². The van der Waals surface area contributed by atoms with Crippen molar-refractivity contribution in [2.24, 2.45) is 0 Å². The summed E-state index contributed by atoms with van der Waals surface area (Å²) < 4.78 is 14.1. The molecule has 5 aromatic rings. The second kappa shape index (κ2) is 22.6. The highest BCUT2D eigenvalue weighted by atomic mass is 32.1. The van der Waals surface area contributed by atoms with Crippen molar-refractivity contribution in [1.29, 1.82) is 0 Å². The zero-order valence-corrected chi connectivity index (χ0v) is 23.3. The molecule has 0 bridgehead atoms. The Bertz CT molecular complexity index is 938. The van der Waals surface area contributed by atoms with E-state index in [0.717, 1.165) is 15.0 Å². The van der Waals surface area contributed by atoms with Gasteiger partial charge in [-0.05, 0) is 41.5 Å². The maximum absolute atomic E-state index is 4.86. The molecule has 0 spiro atoms. The average molecular weight is 586 g/mol. The lowest BCUT2D eigenvalue weighted by molar-refractivity contribution is 0.389. The molecule has 0 radical (unpaired) electrons. The summed E-state index contributed by atoms with van der Waals surface area (Å²) in [6, 6.07) is 0. The monoisotopic (exact) mass is 585 g/mol. The van der Waals surface area contributed by atoms with E-state index in [1.54, 1.807) is 64.2 Å². The minimum Gasteiger partial charge on any atom is -0.426 e. The molecule has 0 unspecified atom stereocenters. The van der Waals surface area contributed by atoms with Crippen LogP contribution in [0.2, 0.25) is 0 Å². The van der Waals surface area contributed by atoms with E-state index in [1.165, 1.54) is 4.88 Å². The molecule has 39 heavy (non-hydrogen) atoms. The van der Waals surface area contributed by atoms with Gasteiger partial charge in [0.1, 0.15) is 10.0 Å². The topological polar surface area (TPSA) is 155 Å². The molecule has 0 aliphatic carbocycles. The predicted octanol–water partition coefficient (Wildman–Crippen LogP) is 7.52. The van der Waals surface area contributed by atoms with E-state index in [0.29, 0.717) is 35.2 Å². The first-order valence-electron chi connectivity index (χ1n) is 10.4. The largest absolute Gasteiger partial charge is 0.426 e. The summed E-state index contributed by atoms with van der Waals surface area (Å²) in [5, 5.41) is 25.1. The smallest absolute Gasteiger partial charge is 0.223 e. The molecule has 12 nitrogen and oxygen atoms in total. The fraction of sp³-hybridized carbons (Fsp3) is 0.560. The first-order chi connectivity index (χ1) is 16.4. The average Bonchev–Trinajstić information content (AvgIpc) is 3.59. The van der Waals surface area contributed by atoms with Crippen LogP contribution in [-0.2, 0) is 0 Å². The van der Waals surface area contributed by atoms with Crippen LogP contribution in [0.15, 0.2) is 19.7 Å². The molecule has 0 aromatic carbocycles. The van der Waals surface area contributed by atoms with Gasteiger partial charge in [-0.25, -0.2) is 4.98 Å². The van der Waals surface area contributed by atoms with Crippen molar-refractivity contribution in [3.05, 3.63) is 61.3 Å². The predicted molar refractivity (Wildman–Crippen MR) is 159 cm³/mol. The first kappa shape index (κ1) is 42.7. The summed E-state index contributed by atoms with van der Waals surface area (Å²) in [6.45, 7) is 18.6. The third-order valence-electron chi connectivity index (χ3n) is 3.25. The maximum Gasteiger partial charge on any atom is 0.223 e. The fourth-order valence-electron chi connectivity index (χ4n) is 2.06. The Morgan fingerprint density at radius 3 is 1.03 bits per heavy atom. The van der Waals surface area contributed by atoms with Gasteiger partial charge in [0.05, 0.1) is 5.01 Å².